The van der Waals surface area contributed by atoms with E-state index in [0.29, 0.717) is 22.2 Å². The van der Waals surface area contributed by atoms with E-state index in [1.165, 1.54) is 0 Å². The topological polar surface area (TPSA) is 54.0 Å². The molecule has 0 radical (unpaired) electrons. The second kappa shape index (κ2) is 7.97. The average molecular weight is 332 g/mol. The van der Waals surface area contributed by atoms with Crippen molar-refractivity contribution < 1.29 is 4.79 Å². The van der Waals surface area contributed by atoms with E-state index in [-0.39, 0.29) is 5.91 Å². The molecule has 0 atom stereocenters. The molecule has 2 aromatic rings. The van der Waals surface area contributed by atoms with Gasteiger partial charge in [0, 0.05) is 29.6 Å². The summed E-state index contributed by atoms with van der Waals surface area (Å²) >= 11 is 6.08. The van der Waals surface area contributed by atoms with Gasteiger partial charge in [0.25, 0.3) is 5.91 Å². The minimum atomic E-state index is -0.199. The highest BCUT2D eigenvalue weighted by Crippen LogP contribution is 2.23. The molecule has 0 spiro atoms. The molecule has 4 nitrogen and oxygen atoms in total. The van der Waals surface area contributed by atoms with Gasteiger partial charge in [-0.1, -0.05) is 31.5 Å². The van der Waals surface area contributed by atoms with Gasteiger partial charge in [-0.15, -0.1) is 0 Å². The third-order valence-corrected chi connectivity index (χ3v) is 3.98. The quantitative estimate of drug-likeness (QED) is 0.802. The van der Waals surface area contributed by atoms with E-state index in [1.54, 1.807) is 18.5 Å². The summed E-state index contributed by atoms with van der Waals surface area (Å²) in [5.41, 5.74) is 2.92. The molecule has 2 rings (SSSR count). The summed E-state index contributed by atoms with van der Waals surface area (Å²) in [6.07, 6.45) is 4.35. The van der Waals surface area contributed by atoms with Crippen LogP contribution in [-0.4, -0.2) is 17.4 Å². The Hall–Kier alpha value is -2.07. The molecule has 23 heavy (non-hydrogen) atoms. The van der Waals surface area contributed by atoms with E-state index in [1.807, 2.05) is 25.1 Å². The Morgan fingerprint density at radius 2 is 2.09 bits per heavy atom. The van der Waals surface area contributed by atoms with Gasteiger partial charge in [-0.3, -0.25) is 9.78 Å². The fourth-order valence-corrected chi connectivity index (χ4v) is 2.28. The highest BCUT2D eigenvalue weighted by atomic mass is 35.5. The number of benzene rings is 1. The number of amides is 1. The van der Waals surface area contributed by atoms with Crippen molar-refractivity contribution in [3.05, 3.63) is 52.8 Å². The van der Waals surface area contributed by atoms with Crippen LogP contribution < -0.4 is 10.6 Å². The van der Waals surface area contributed by atoms with Crippen molar-refractivity contribution in [2.24, 2.45) is 5.92 Å². The van der Waals surface area contributed by atoms with Crippen LogP contribution >= 0.6 is 11.6 Å². The van der Waals surface area contributed by atoms with E-state index >= 15 is 0 Å². The molecule has 1 aromatic heterocycles. The molecular weight excluding hydrogens is 310 g/mol. The number of hydrogen-bond acceptors (Lipinski definition) is 3. The van der Waals surface area contributed by atoms with Crippen LogP contribution in [0.3, 0.4) is 0 Å². The van der Waals surface area contributed by atoms with Gasteiger partial charge in [-0.05, 0) is 43.0 Å². The van der Waals surface area contributed by atoms with Crippen LogP contribution in [0.2, 0.25) is 5.02 Å². The van der Waals surface area contributed by atoms with Crippen molar-refractivity contribution in [1.29, 1.82) is 0 Å². The summed E-state index contributed by atoms with van der Waals surface area (Å²) in [5.74, 6) is 0.433. The lowest BCUT2D eigenvalue weighted by Crippen LogP contribution is -2.14. The number of halogens is 1. The molecule has 2 N–H and O–H groups in total. The Bertz CT molecular complexity index is 686. The van der Waals surface area contributed by atoms with E-state index in [4.69, 9.17) is 11.6 Å². The van der Waals surface area contributed by atoms with Crippen molar-refractivity contribution in [1.82, 2.24) is 4.98 Å². The molecular formula is C18H22ClN3O. The predicted molar refractivity (Wildman–Crippen MR) is 96.3 cm³/mol. The maximum absolute atomic E-state index is 12.4. The second-order valence-electron chi connectivity index (χ2n) is 5.94. The van der Waals surface area contributed by atoms with Crippen LogP contribution in [-0.2, 0) is 0 Å². The Labute approximate surface area is 142 Å². The summed E-state index contributed by atoms with van der Waals surface area (Å²) < 4.78 is 0. The lowest BCUT2D eigenvalue weighted by Gasteiger charge is -2.11. The Morgan fingerprint density at radius 1 is 1.30 bits per heavy atom. The first-order valence-electron chi connectivity index (χ1n) is 7.72. The van der Waals surface area contributed by atoms with Crippen molar-refractivity contribution in [2.45, 2.75) is 27.2 Å². The molecule has 122 valence electrons. The molecule has 5 heteroatoms. The monoisotopic (exact) mass is 331 g/mol. The zero-order valence-electron chi connectivity index (χ0n) is 13.7. The largest absolute Gasteiger partial charge is 0.384 e. The predicted octanol–water partition coefficient (Wildman–Crippen LogP) is 4.75. The second-order valence-corrected chi connectivity index (χ2v) is 6.35. The number of carbonyl (C=O) groups excluding carboxylic acids is 1. The Kier molecular flexibility index (Phi) is 5.99. The van der Waals surface area contributed by atoms with Gasteiger partial charge in [0.1, 0.15) is 0 Å². The summed E-state index contributed by atoms with van der Waals surface area (Å²) in [4.78, 5) is 16.5. The van der Waals surface area contributed by atoms with Crippen molar-refractivity contribution in [3.8, 4) is 0 Å². The lowest BCUT2D eigenvalue weighted by molar-refractivity contribution is 0.102. The number of nitrogens with zero attached hydrogens (tertiary/aromatic N) is 1. The average Bonchev–Trinajstić information content (AvgIpc) is 2.52. The van der Waals surface area contributed by atoms with Crippen LogP contribution in [0.15, 0.2) is 36.7 Å². The fraction of sp³-hybridized carbons (Fsp3) is 0.333. The SMILES string of the molecule is Cc1c(Cl)cccc1NC(=O)c1cncc(NCCC(C)C)c1. The molecule has 0 bridgehead atoms. The van der Waals surface area contributed by atoms with Gasteiger partial charge in [0.2, 0.25) is 0 Å². The van der Waals surface area contributed by atoms with E-state index in [9.17, 15) is 4.79 Å². The van der Waals surface area contributed by atoms with Gasteiger partial charge in [-0.2, -0.15) is 0 Å². The van der Waals surface area contributed by atoms with Gasteiger partial charge in [0.05, 0.1) is 11.3 Å². The molecule has 0 aliphatic carbocycles. The molecule has 0 aliphatic rings. The number of anilines is 2. The number of pyridine rings is 1. The Balaban J connectivity index is 2.06. The van der Waals surface area contributed by atoms with Crippen LogP contribution in [0.5, 0.6) is 0 Å². The molecule has 0 fully saturated rings. The van der Waals surface area contributed by atoms with Crippen molar-refractivity contribution in [2.75, 3.05) is 17.2 Å². The molecule has 1 aromatic carbocycles. The molecule has 0 unspecified atom stereocenters. The maximum atomic E-state index is 12.4. The van der Waals surface area contributed by atoms with Gasteiger partial charge in [0.15, 0.2) is 0 Å². The Morgan fingerprint density at radius 3 is 2.83 bits per heavy atom. The van der Waals surface area contributed by atoms with Gasteiger partial charge in [-0.25, -0.2) is 0 Å². The maximum Gasteiger partial charge on any atom is 0.257 e. The normalized spacial score (nSPS) is 10.7. The number of carbonyl (C=O) groups is 1. The summed E-state index contributed by atoms with van der Waals surface area (Å²) in [7, 11) is 0. The zero-order valence-corrected chi connectivity index (χ0v) is 14.4. The molecule has 0 saturated carbocycles. The molecule has 1 heterocycles. The minimum Gasteiger partial charge on any atom is -0.384 e. The van der Waals surface area contributed by atoms with Gasteiger partial charge < -0.3 is 10.6 Å². The minimum absolute atomic E-state index is 0.199. The zero-order chi connectivity index (χ0) is 16.8. The van der Waals surface area contributed by atoms with Crippen LogP contribution in [0, 0.1) is 12.8 Å². The lowest BCUT2D eigenvalue weighted by atomic mass is 10.1. The number of hydrogen-bond donors (Lipinski definition) is 2. The van der Waals surface area contributed by atoms with E-state index in [0.717, 1.165) is 24.2 Å². The van der Waals surface area contributed by atoms with Crippen molar-refractivity contribution >= 4 is 28.9 Å². The smallest absolute Gasteiger partial charge is 0.257 e. The standard InChI is InChI=1S/C18H22ClN3O/c1-12(2)7-8-21-15-9-14(10-20-11-15)18(23)22-17-6-4-5-16(19)13(17)3/h4-6,9-12,21H,7-8H2,1-3H3,(H,22,23). The van der Waals surface area contributed by atoms with E-state index < -0.39 is 0 Å². The highest BCUT2D eigenvalue weighted by molar-refractivity contribution is 6.31. The first-order chi connectivity index (χ1) is 11.0. The van der Waals surface area contributed by atoms with Gasteiger partial charge >= 0.3 is 0 Å². The summed E-state index contributed by atoms with van der Waals surface area (Å²) in [6, 6.07) is 7.25. The number of nitrogens with one attached hydrogen (secondary N) is 2. The first kappa shape index (κ1) is 17.3. The fourth-order valence-electron chi connectivity index (χ4n) is 2.10. The number of rotatable bonds is 6. The summed E-state index contributed by atoms with van der Waals surface area (Å²) in [5, 5.41) is 6.80. The summed E-state index contributed by atoms with van der Waals surface area (Å²) in [6.45, 7) is 7.09. The van der Waals surface area contributed by atoms with E-state index in [2.05, 4.69) is 29.5 Å². The first-order valence-corrected chi connectivity index (χ1v) is 8.10. The molecule has 0 aliphatic heterocycles. The van der Waals surface area contributed by atoms with Crippen LogP contribution in [0.25, 0.3) is 0 Å². The highest BCUT2D eigenvalue weighted by Gasteiger charge is 2.10. The van der Waals surface area contributed by atoms with Crippen LogP contribution in [0.1, 0.15) is 36.2 Å². The molecule has 0 saturated heterocycles. The number of aromatic nitrogens is 1. The molecule has 1 amide bonds. The third-order valence-electron chi connectivity index (χ3n) is 3.57. The van der Waals surface area contributed by atoms with Crippen LogP contribution in [0.4, 0.5) is 11.4 Å². The van der Waals surface area contributed by atoms with Crippen molar-refractivity contribution in [3.63, 3.8) is 0 Å². The third kappa shape index (κ3) is 4.96.